The van der Waals surface area contributed by atoms with Gasteiger partial charge in [-0.15, -0.1) is 0 Å². The molecule has 1 rings (SSSR count). The van der Waals surface area contributed by atoms with Crippen LogP contribution in [0.3, 0.4) is 0 Å². The van der Waals surface area contributed by atoms with Crippen molar-refractivity contribution in [1.82, 2.24) is 0 Å². The van der Waals surface area contributed by atoms with Crippen molar-refractivity contribution in [3.05, 3.63) is 35.4 Å². The van der Waals surface area contributed by atoms with E-state index in [0.717, 1.165) is 6.42 Å². The van der Waals surface area contributed by atoms with Gasteiger partial charge in [0.05, 0.1) is 0 Å². The smallest absolute Gasteiger partial charge is 0.0306 e. The van der Waals surface area contributed by atoms with Crippen molar-refractivity contribution in [2.45, 2.75) is 19.4 Å². The predicted octanol–water partition coefficient (Wildman–Crippen LogP) is 1.34. The minimum absolute atomic E-state index is 0.0931. The Labute approximate surface area is 73.6 Å². The maximum atomic E-state index is 5.88. The Morgan fingerprint density at radius 3 is 2.33 bits per heavy atom. The summed E-state index contributed by atoms with van der Waals surface area (Å²) < 4.78 is 0. The number of rotatable bonds is 3. The maximum absolute atomic E-state index is 5.88. The van der Waals surface area contributed by atoms with Gasteiger partial charge in [0, 0.05) is 6.04 Å². The van der Waals surface area contributed by atoms with Crippen molar-refractivity contribution in [3.8, 4) is 0 Å². The van der Waals surface area contributed by atoms with E-state index in [2.05, 4.69) is 31.2 Å². The number of nitrogens with two attached hydrogens (primary N) is 2. The summed E-state index contributed by atoms with van der Waals surface area (Å²) in [5.41, 5.74) is 13.7. The Kier molecular flexibility index (Phi) is 3.26. The number of hydrogen-bond acceptors (Lipinski definition) is 2. The van der Waals surface area contributed by atoms with Gasteiger partial charge in [-0.2, -0.15) is 0 Å². The third-order valence-corrected chi connectivity index (χ3v) is 1.98. The average molecular weight is 164 g/mol. The highest BCUT2D eigenvalue weighted by Gasteiger charge is 2.02. The average Bonchev–Trinajstić information content (AvgIpc) is 2.06. The molecule has 0 saturated heterocycles. The summed E-state index contributed by atoms with van der Waals surface area (Å²) in [6.07, 6.45) is 0.850. The Morgan fingerprint density at radius 1 is 1.25 bits per heavy atom. The molecule has 1 aromatic carbocycles. The molecule has 2 heteroatoms. The summed E-state index contributed by atoms with van der Waals surface area (Å²) in [5.74, 6) is 0. The highest BCUT2D eigenvalue weighted by molar-refractivity contribution is 5.23. The van der Waals surface area contributed by atoms with Crippen molar-refractivity contribution in [2.24, 2.45) is 11.5 Å². The van der Waals surface area contributed by atoms with E-state index >= 15 is 0 Å². The van der Waals surface area contributed by atoms with Crippen molar-refractivity contribution in [1.29, 1.82) is 0 Å². The summed E-state index contributed by atoms with van der Waals surface area (Å²) in [4.78, 5) is 0. The van der Waals surface area contributed by atoms with Crippen LogP contribution in [-0.4, -0.2) is 6.54 Å². The third kappa shape index (κ3) is 2.32. The van der Waals surface area contributed by atoms with E-state index in [-0.39, 0.29) is 6.04 Å². The first kappa shape index (κ1) is 9.23. The summed E-state index contributed by atoms with van der Waals surface area (Å²) >= 11 is 0. The van der Waals surface area contributed by atoms with E-state index < -0.39 is 0 Å². The molecule has 1 atom stereocenters. The van der Waals surface area contributed by atoms with Crippen LogP contribution in [0.5, 0.6) is 0 Å². The van der Waals surface area contributed by atoms with Gasteiger partial charge in [-0.3, -0.25) is 0 Å². The molecule has 66 valence electrons. The molecule has 0 aliphatic carbocycles. The first-order valence-corrected chi connectivity index (χ1v) is 4.26. The molecule has 0 aliphatic heterocycles. The van der Waals surface area contributed by atoms with Crippen LogP contribution >= 0.6 is 0 Å². The molecular weight excluding hydrogens is 148 g/mol. The molecule has 1 aromatic rings. The molecule has 2 nitrogen and oxygen atoms in total. The van der Waals surface area contributed by atoms with Crippen LogP contribution in [-0.2, 0) is 0 Å². The molecule has 0 aromatic heterocycles. The van der Waals surface area contributed by atoms with Crippen LogP contribution in [0.1, 0.15) is 23.6 Å². The molecule has 0 radical (unpaired) electrons. The highest BCUT2D eigenvalue weighted by Crippen LogP contribution is 2.13. The third-order valence-electron chi connectivity index (χ3n) is 1.98. The number of hydrogen-bond donors (Lipinski definition) is 2. The molecule has 0 amide bonds. The summed E-state index contributed by atoms with van der Waals surface area (Å²) in [5, 5.41) is 0. The SMILES string of the molecule is Cc1ccc(C(N)CCN)cc1. The lowest BCUT2D eigenvalue weighted by Crippen LogP contribution is -2.15. The second-order valence-corrected chi connectivity index (χ2v) is 3.09. The molecule has 12 heavy (non-hydrogen) atoms. The predicted molar refractivity (Wildman–Crippen MR) is 51.8 cm³/mol. The van der Waals surface area contributed by atoms with E-state index in [9.17, 15) is 0 Å². The molecule has 0 aliphatic rings. The zero-order valence-corrected chi connectivity index (χ0v) is 7.46. The molecule has 4 N–H and O–H groups in total. The van der Waals surface area contributed by atoms with Crippen molar-refractivity contribution in [3.63, 3.8) is 0 Å². The number of aryl methyl sites for hydroxylation is 1. The molecular formula is C10H16N2. The van der Waals surface area contributed by atoms with Crippen LogP contribution in [0.4, 0.5) is 0 Å². The lowest BCUT2D eigenvalue weighted by atomic mass is 10.0. The number of benzene rings is 1. The fourth-order valence-corrected chi connectivity index (χ4v) is 1.16. The van der Waals surface area contributed by atoms with Gasteiger partial charge in [0.1, 0.15) is 0 Å². The highest BCUT2D eigenvalue weighted by atomic mass is 14.7. The van der Waals surface area contributed by atoms with E-state index in [1.807, 2.05) is 0 Å². The zero-order chi connectivity index (χ0) is 8.97. The van der Waals surface area contributed by atoms with Gasteiger partial charge in [-0.05, 0) is 25.5 Å². The van der Waals surface area contributed by atoms with Gasteiger partial charge < -0.3 is 11.5 Å². The Balaban J connectivity index is 2.68. The second kappa shape index (κ2) is 4.24. The van der Waals surface area contributed by atoms with E-state index in [0.29, 0.717) is 6.54 Å². The first-order chi connectivity index (χ1) is 5.74. The van der Waals surface area contributed by atoms with Gasteiger partial charge in [0.15, 0.2) is 0 Å². The molecule has 0 spiro atoms. The molecule has 1 unspecified atom stereocenters. The molecule has 0 fully saturated rings. The topological polar surface area (TPSA) is 52.0 Å². The normalized spacial score (nSPS) is 12.9. The van der Waals surface area contributed by atoms with Crippen LogP contribution in [0, 0.1) is 6.92 Å². The summed E-state index contributed by atoms with van der Waals surface area (Å²) in [6, 6.07) is 8.37. The van der Waals surface area contributed by atoms with Gasteiger partial charge in [0.2, 0.25) is 0 Å². The summed E-state index contributed by atoms with van der Waals surface area (Å²) in [6.45, 7) is 2.72. The zero-order valence-electron chi connectivity index (χ0n) is 7.46. The Bertz CT molecular complexity index is 228. The van der Waals surface area contributed by atoms with Crippen LogP contribution in [0.25, 0.3) is 0 Å². The lowest BCUT2D eigenvalue weighted by molar-refractivity contribution is 0.661. The first-order valence-electron chi connectivity index (χ1n) is 4.26. The van der Waals surface area contributed by atoms with Gasteiger partial charge in [-0.1, -0.05) is 29.8 Å². The summed E-state index contributed by atoms with van der Waals surface area (Å²) in [7, 11) is 0. The fraction of sp³-hybridized carbons (Fsp3) is 0.400. The van der Waals surface area contributed by atoms with Gasteiger partial charge in [0.25, 0.3) is 0 Å². The largest absolute Gasteiger partial charge is 0.330 e. The lowest BCUT2D eigenvalue weighted by Gasteiger charge is -2.10. The minimum Gasteiger partial charge on any atom is -0.330 e. The van der Waals surface area contributed by atoms with Gasteiger partial charge in [-0.25, -0.2) is 0 Å². The van der Waals surface area contributed by atoms with Crippen LogP contribution in [0.15, 0.2) is 24.3 Å². The Hall–Kier alpha value is -0.860. The standard InChI is InChI=1S/C10H16N2/c1-8-2-4-9(5-3-8)10(12)6-7-11/h2-5,10H,6-7,11-12H2,1H3. The van der Waals surface area contributed by atoms with Crippen molar-refractivity contribution in [2.75, 3.05) is 6.54 Å². The van der Waals surface area contributed by atoms with Crippen molar-refractivity contribution >= 4 is 0 Å². The van der Waals surface area contributed by atoms with Crippen molar-refractivity contribution < 1.29 is 0 Å². The van der Waals surface area contributed by atoms with Crippen LogP contribution < -0.4 is 11.5 Å². The fourth-order valence-electron chi connectivity index (χ4n) is 1.16. The van der Waals surface area contributed by atoms with E-state index in [1.165, 1.54) is 11.1 Å². The molecule has 0 bridgehead atoms. The quantitative estimate of drug-likeness (QED) is 0.708. The van der Waals surface area contributed by atoms with E-state index in [4.69, 9.17) is 11.5 Å². The second-order valence-electron chi connectivity index (χ2n) is 3.09. The molecule has 0 heterocycles. The maximum Gasteiger partial charge on any atom is 0.0306 e. The van der Waals surface area contributed by atoms with Crippen LogP contribution in [0.2, 0.25) is 0 Å². The Morgan fingerprint density at radius 2 is 1.83 bits per heavy atom. The van der Waals surface area contributed by atoms with Gasteiger partial charge >= 0.3 is 0 Å². The minimum atomic E-state index is 0.0931. The monoisotopic (exact) mass is 164 g/mol. The van der Waals surface area contributed by atoms with E-state index in [1.54, 1.807) is 0 Å². The molecule has 0 saturated carbocycles.